The molecule has 110 valence electrons. The molecule has 0 aliphatic rings. The van der Waals surface area contributed by atoms with Crippen LogP contribution in [0.15, 0.2) is 24.5 Å². The van der Waals surface area contributed by atoms with Gasteiger partial charge in [0.1, 0.15) is 5.75 Å². The minimum atomic E-state index is 0.0817. The van der Waals surface area contributed by atoms with Crippen molar-refractivity contribution in [2.75, 3.05) is 13.7 Å². The Kier molecular flexibility index (Phi) is 5.02. The molecule has 4 nitrogen and oxygen atoms in total. The predicted molar refractivity (Wildman–Crippen MR) is 82.4 cm³/mol. The molecule has 0 unspecified atom stereocenters. The number of hydrogen-bond donors (Lipinski definition) is 1. The average molecular weight is 284 g/mol. The monoisotopic (exact) mass is 284 g/mol. The van der Waals surface area contributed by atoms with Crippen LogP contribution < -0.4 is 4.74 Å². The normalized spacial score (nSPS) is 10.1. The largest absolute Gasteiger partial charge is 0.497 e. The van der Waals surface area contributed by atoms with Gasteiger partial charge in [0, 0.05) is 17.7 Å². The lowest BCUT2D eigenvalue weighted by molar-refractivity contribution is 0.305. The topological polar surface area (TPSA) is 47.3 Å². The first-order valence-electron chi connectivity index (χ1n) is 6.90. The minimum Gasteiger partial charge on any atom is -0.497 e. The summed E-state index contributed by atoms with van der Waals surface area (Å²) in [5.41, 5.74) is 4.22. The Morgan fingerprint density at radius 1 is 1.33 bits per heavy atom. The van der Waals surface area contributed by atoms with Gasteiger partial charge < -0.3 is 14.4 Å². The van der Waals surface area contributed by atoms with Crippen LogP contribution in [0.4, 0.5) is 0 Å². The van der Waals surface area contributed by atoms with Crippen molar-refractivity contribution >= 4 is 0 Å². The lowest BCUT2D eigenvalue weighted by atomic mass is 10.1. The Labute approximate surface area is 125 Å². The van der Waals surface area contributed by atoms with Gasteiger partial charge in [-0.1, -0.05) is 11.8 Å². The van der Waals surface area contributed by atoms with E-state index in [1.807, 2.05) is 31.5 Å². The summed E-state index contributed by atoms with van der Waals surface area (Å²) in [4.78, 5) is 4.32. The van der Waals surface area contributed by atoms with Gasteiger partial charge >= 0.3 is 0 Å². The van der Waals surface area contributed by atoms with Gasteiger partial charge in [-0.15, -0.1) is 0 Å². The van der Waals surface area contributed by atoms with Crippen LogP contribution in [0.1, 0.15) is 28.9 Å². The van der Waals surface area contributed by atoms with Crippen LogP contribution in [0.25, 0.3) is 0 Å². The lowest BCUT2D eigenvalue weighted by Gasteiger charge is -2.10. The van der Waals surface area contributed by atoms with Crippen LogP contribution in [0.3, 0.4) is 0 Å². The van der Waals surface area contributed by atoms with Crippen LogP contribution in [0, 0.1) is 25.7 Å². The number of methoxy groups -OCH3 is 1. The minimum absolute atomic E-state index is 0.0817. The SMILES string of the molecule is COc1ccc(C#CCCO)c(Cn2cnc(C)c2C)c1. The van der Waals surface area contributed by atoms with Crippen molar-refractivity contribution in [3.63, 3.8) is 0 Å². The molecule has 0 atom stereocenters. The Balaban J connectivity index is 2.35. The van der Waals surface area contributed by atoms with Crippen molar-refractivity contribution in [1.82, 2.24) is 9.55 Å². The number of hydrogen-bond acceptors (Lipinski definition) is 3. The maximum absolute atomic E-state index is 8.84. The zero-order chi connectivity index (χ0) is 15.2. The first-order chi connectivity index (χ1) is 10.2. The number of aryl methyl sites for hydroxylation is 1. The molecule has 1 aromatic heterocycles. The van der Waals surface area contributed by atoms with Crippen LogP contribution in [-0.4, -0.2) is 28.4 Å². The number of aliphatic hydroxyl groups excluding tert-OH is 1. The molecule has 0 spiro atoms. The highest BCUT2D eigenvalue weighted by atomic mass is 16.5. The molecule has 1 aromatic carbocycles. The molecule has 0 aliphatic carbocycles. The molecule has 2 aromatic rings. The number of rotatable bonds is 4. The van der Waals surface area contributed by atoms with E-state index in [9.17, 15) is 0 Å². The first-order valence-corrected chi connectivity index (χ1v) is 6.90. The predicted octanol–water partition coefficient (Wildman–Crippen LogP) is 2.29. The fourth-order valence-corrected chi connectivity index (χ4v) is 2.05. The average Bonchev–Trinajstić information content (AvgIpc) is 2.81. The van der Waals surface area contributed by atoms with E-state index in [0.29, 0.717) is 13.0 Å². The highest BCUT2D eigenvalue weighted by molar-refractivity contribution is 5.45. The van der Waals surface area contributed by atoms with E-state index in [2.05, 4.69) is 28.3 Å². The highest BCUT2D eigenvalue weighted by Crippen LogP contribution is 2.19. The molecule has 21 heavy (non-hydrogen) atoms. The molecule has 1 heterocycles. The van der Waals surface area contributed by atoms with Crippen molar-refractivity contribution in [3.8, 4) is 17.6 Å². The molecular weight excluding hydrogens is 264 g/mol. The molecular formula is C17H20N2O2. The fourth-order valence-electron chi connectivity index (χ4n) is 2.05. The lowest BCUT2D eigenvalue weighted by Crippen LogP contribution is -2.03. The maximum atomic E-state index is 8.84. The summed E-state index contributed by atoms with van der Waals surface area (Å²) in [6.07, 6.45) is 2.32. The summed E-state index contributed by atoms with van der Waals surface area (Å²) in [6, 6.07) is 5.86. The van der Waals surface area contributed by atoms with Gasteiger partial charge in [-0.05, 0) is 37.6 Å². The van der Waals surface area contributed by atoms with E-state index < -0.39 is 0 Å². The number of ether oxygens (including phenoxy) is 1. The van der Waals surface area contributed by atoms with E-state index in [1.165, 1.54) is 0 Å². The molecule has 4 heteroatoms. The molecule has 1 N–H and O–H groups in total. The zero-order valence-corrected chi connectivity index (χ0v) is 12.7. The third-order valence-electron chi connectivity index (χ3n) is 3.46. The Morgan fingerprint density at radius 2 is 2.14 bits per heavy atom. The maximum Gasteiger partial charge on any atom is 0.119 e. The molecule has 0 amide bonds. The van der Waals surface area contributed by atoms with Crippen molar-refractivity contribution in [3.05, 3.63) is 47.0 Å². The molecule has 0 bridgehead atoms. The van der Waals surface area contributed by atoms with Gasteiger partial charge in [0.05, 0.1) is 32.3 Å². The van der Waals surface area contributed by atoms with E-state index in [4.69, 9.17) is 9.84 Å². The third kappa shape index (κ3) is 3.65. The van der Waals surface area contributed by atoms with Crippen molar-refractivity contribution in [2.45, 2.75) is 26.8 Å². The van der Waals surface area contributed by atoms with E-state index in [1.54, 1.807) is 7.11 Å². The summed E-state index contributed by atoms with van der Waals surface area (Å²) in [7, 11) is 1.66. The van der Waals surface area contributed by atoms with Crippen LogP contribution in [0.2, 0.25) is 0 Å². The third-order valence-corrected chi connectivity index (χ3v) is 3.46. The van der Waals surface area contributed by atoms with E-state index in [-0.39, 0.29) is 6.61 Å². The number of imidazole rings is 1. The Bertz CT molecular complexity index is 678. The molecule has 0 aliphatic heterocycles. The quantitative estimate of drug-likeness (QED) is 0.876. The van der Waals surface area contributed by atoms with Crippen molar-refractivity contribution in [1.29, 1.82) is 0 Å². The summed E-state index contributed by atoms with van der Waals surface area (Å²) < 4.78 is 7.39. The number of nitrogens with zero attached hydrogens (tertiary/aromatic N) is 2. The fraction of sp³-hybridized carbons (Fsp3) is 0.353. The van der Waals surface area contributed by atoms with Crippen molar-refractivity contribution < 1.29 is 9.84 Å². The second-order valence-electron chi connectivity index (χ2n) is 4.84. The standard InChI is InChI=1S/C17H20N2O2/c1-13-14(2)19(12-18-13)11-16-10-17(21-3)8-7-15(16)6-4-5-9-20/h7-8,10,12,20H,5,9,11H2,1-3H3. The van der Waals surface area contributed by atoms with Gasteiger partial charge in [-0.3, -0.25) is 0 Å². The molecule has 0 saturated heterocycles. The smallest absolute Gasteiger partial charge is 0.119 e. The van der Waals surface area contributed by atoms with Gasteiger partial charge in [0.15, 0.2) is 0 Å². The number of aliphatic hydroxyl groups is 1. The number of aromatic nitrogens is 2. The second-order valence-corrected chi connectivity index (χ2v) is 4.84. The Hall–Kier alpha value is -2.25. The van der Waals surface area contributed by atoms with Gasteiger partial charge in [0.25, 0.3) is 0 Å². The van der Waals surface area contributed by atoms with Gasteiger partial charge in [-0.2, -0.15) is 0 Å². The molecule has 0 saturated carbocycles. The summed E-state index contributed by atoms with van der Waals surface area (Å²) in [5, 5.41) is 8.84. The van der Waals surface area contributed by atoms with Crippen molar-refractivity contribution in [2.24, 2.45) is 0 Å². The zero-order valence-electron chi connectivity index (χ0n) is 12.7. The van der Waals surface area contributed by atoms with Crippen LogP contribution >= 0.6 is 0 Å². The van der Waals surface area contributed by atoms with Gasteiger partial charge in [0.2, 0.25) is 0 Å². The summed E-state index contributed by atoms with van der Waals surface area (Å²) >= 11 is 0. The molecule has 0 radical (unpaired) electrons. The summed E-state index contributed by atoms with van der Waals surface area (Å²) in [5.74, 6) is 6.89. The van der Waals surface area contributed by atoms with Crippen LogP contribution in [0.5, 0.6) is 5.75 Å². The first kappa shape index (κ1) is 15.1. The van der Waals surface area contributed by atoms with Crippen LogP contribution in [-0.2, 0) is 6.54 Å². The number of benzene rings is 1. The van der Waals surface area contributed by atoms with Gasteiger partial charge in [-0.25, -0.2) is 4.98 Å². The molecule has 0 fully saturated rings. The highest BCUT2D eigenvalue weighted by Gasteiger charge is 2.07. The second kappa shape index (κ2) is 6.96. The van der Waals surface area contributed by atoms with E-state index >= 15 is 0 Å². The summed E-state index contributed by atoms with van der Waals surface area (Å²) in [6.45, 7) is 4.84. The molecule has 2 rings (SSSR count). The Morgan fingerprint density at radius 3 is 2.76 bits per heavy atom. The van der Waals surface area contributed by atoms with E-state index in [0.717, 1.165) is 28.3 Å².